The van der Waals surface area contributed by atoms with E-state index in [1.54, 1.807) is 0 Å². The number of rotatable bonds is 15. The van der Waals surface area contributed by atoms with Gasteiger partial charge in [0.2, 0.25) is 0 Å². The van der Waals surface area contributed by atoms with Crippen molar-refractivity contribution in [1.82, 2.24) is 9.13 Å². The second kappa shape index (κ2) is 28.6. The summed E-state index contributed by atoms with van der Waals surface area (Å²) >= 11 is 0. The van der Waals surface area contributed by atoms with Crippen LogP contribution in [0, 0.1) is 0 Å². The van der Waals surface area contributed by atoms with Crippen LogP contribution in [0.2, 0.25) is 0 Å². The molecule has 0 fully saturated rings. The van der Waals surface area contributed by atoms with Crippen molar-refractivity contribution in [3.05, 3.63) is 437 Å². The van der Waals surface area contributed by atoms with E-state index in [2.05, 4.69) is 453 Å². The summed E-state index contributed by atoms with van der Waals surface area (Å²) in [5.74, 6) is 0. The summed E-state index contributed by atoms with van der Waals surface area (Å²) < 4.78 is 17.8. The van der Waals surface area contributed by atoms with Crippen molar-refractivity contribution in [2.75, 3.05) is 19.6 Å². The van der Waals surface area contributed by atoms with Gasteiger partial charge in [-0.1, -0.05) is 224 Å². The molecule has 0 aliphatic heterocycles. The van der Waals surface area contributed by atoms with Gasteiger partial charge in [0.25, 0.3) is 0 Å². The van der Waals surface area contributed by atoms with Gasteiger partial charge < -0.3 is 37.6 Å². The summed E-state index contributed by atoms with van der Waals surface area (Å²) in [7, 11) is 0. The van der Waals surface area contributed by atoms with Crippen molar-refractivity contribution in [2.45, 2.75) is 0 Å². The largest absolute Gasteiger partial charge is 0.456 e. The van der Waals surface area contributed by atoms with Crippen LogP contribution in [0.1, 0.15) is 0 Å². The molecule has 0 saturated heterocycles. The Labute approximate surface area is 659 Å². The van der Waals surface area contributed by atoms with E-state index in [4.69, 9.17) is 8.83 Å². The van der Waals surface area contributed by atoms with Gasteiger partial charge in [-0.2, -0.15) is 0 Å². The fourth-order valence-electron chi connectivity index (χ4n) is 16.8. The molecule has 0 unspecified atom stereocenters. The molecule has 0 radical (unpaired) electrons. The lowest BCUT2D eigenvalue weighted by Gasteiger charge is -2.26. The van der Waals surface area contributed by atoms with E-state index in [0.717, 1.165) is 167 Å². The van der Waals surface area contributed by atoms with E-state index >= 15 is 0 Å². The van der Waals surface area contributed by atoms with Crippen molar-refractivity contribution in [3.63, 3.8) is 0 Å². The van der Waals surface area contributed by atoms with Gasteiger partial charge in [0.15, 0.2) is 0 Å². The Balaban J connectivity index is 0.000000143. The van der Waals surface area contributed by atoms with Gasteiger partial charge >= 0.3 is 0 Å². The second-order valence-corrected chi connectivity index (χ2v) is 28.8. The molecule has 18 aromatic carbocycles. The van der Waals surface area contributed by atoms with Gasteiger partial charge in [-0.05, 0) is 234 Å². The molecule has 4 aromatic heterocycles. The maximum Gasteiger partial charge on any atom is 0.136 e. The van der Waals surface area contributed by atoms with Crippen LogP contribution in [0.4, 0.5) is 68.2 Å². The molecule has 114 heavy (non-hydrogen) atoms. The third-order valence-electron chi connectivity index (χ3n) is 22.0. The number of nitrogens with zero attached hydrogens (tertiary/aromatic N) is 6. The zero-order valence-electron chi connectivity index (χ0n) is 62.1. The van der Waals surface area contributed by atoms with Gasteiger partial charge in [0, 0.05) is 123 Å². The average molecular weight is 1460 g/mol. The van der Waals surface area contributed by atoms with E-state index in [0.29, 0.717) is 0 Å². The molecule has 8 nitrogen and oxygen atoms in total. The van der Waals surface area contributed by atoms with E-state index in [-0.39, 0.29) is 0 Å². The molecule has 22 rings (SSSR count). The molecule has 0 spiro atoms. The number of hydrogen-bond donors (Lipinski definition) is 0. The van der Waals surface area contributed by atoms with Crippen LogP contribution in [0.5, 0.6) is 0 Å². The lowest BCUT2D eigenvalue weighted by molar-refractivity contribution is 0.669. The number of anilines is 12. The van der Waals surface area contributed by atoms with Crippen molar-refractivity contribution >= 4 is 167 Å². The smallest absolute Gasteiger partial charge is 0.136 e. The molecule has 0 N–H and O–H groups in total. The first kappa shape index (κ1) is 66.8. The van der Waals surface area contributed by atoms with Crippen LogP contribution in [-0.4, -0.2) is 9.13 Å². The highest BCUT2D eigenvalue weighted by atomic mass is 16.3. The van der Waals surface area contributed by atoms with E-state index in [1.807, 2.05) is 12.1 Å². The van der Waals surface area contributed by atoms with Crippen LogP contribution in [0.3, 0.4) is 0 Å². The Morgan fingerprint density at radius 3 is 0.939 bits per heavy atom. The summed E-state index contributed by atoms with van der Waals surface area (Å²) in [6.45, 7) is 0. The lowest BCUT2D eigenvalue weighted by atomic mass is 10.0. The number of furan rings is 2. The van der Waals surface area contributed by atoms with E-state index in [1.165, 1.54) is 21.9 Å². The maximum absolute atomic E-state index is 6.49. The van der Waals surface area contributed by atoms with Gasteiger partial charge in [-0.25, -0.2) is 0 Å². The molecule has 0 bridgehead atoms. The fraction of sp³-hybridized carbons (Fsp3) is 0. The second-order valence-electron chi connectivity index (χ2n) is 28.8. The molecular weight excluding hydrogens is 1390 g/mol. The maximum atomic E-state index is 6.49. The van der Waals surface area contributed by atoms with E-state index in [9.17, 15) is 0 Å². The van der Waals surface area contributed by atoms with Crippen molar-refractivity contribution in [1.29, 1.82) is 0 Å². The number of aromatic nitrogens is 2. The minimum Gasteiger partial charge on any atom is -0.456 e. The summed E-state index contributed by atoms with van der Waals surface area (Å²) in [4.78, 5) is 9.31. The average Bonchev–Trinajstić information content (AvgIpc) is 1.57. The van der Waals surface area contributed by atoms with Crippen LogP contribution >= 0.6 is 0 Å². The lowest BCUT2D eigenvalue weighted by Crippen LogP contribution is -2.10. The summed E-state index contributed by atoms with van der Waals surface area (Å²) in [6.07, 6.45) is 0. The molecule has 538 valence electrons. The zero-order valence-corrected chi connectivity index (χ0v) is 62.1. The predicted octanol–water partition coefficient (Wildman–Crippen LogP) is 30.1. The number of benzene rings is 18. The molecule has 0 aliphatic carbocycles. The first-order valence-corrected chi connectivity index (χ1v) is 38.7. The predicted molar refractivity (Wildman–Crippen MR) is 478 cm³/mol. The fourth-order valence-corrected chi connectivity index (χ4v) is 16.8. The minimum absolute atomic E-state index is 0.881. The Hall–Kier alpha value is -15.4. The number of para-hydroxylation sites is 8. The van der Waals surface area contributed by atoms with Crippen LogP contribution < -0.4 is 19.6 Å². The highest BCUT2D eigenvalue weighted by Crippen LogP contribution is 2.47. The summed E-state index contributed by atoms with van der Waals surface area (Å²) in [6, 6.07) is 155. The first-order chi connectivity index (χ1) is 56.5. The molecule has 0 atom stereocenters. The quantitative estimate of drug-likeness (QED) is 0.102. The Kier molecular flexibility index (Phi) is 16.7. The highest BCUT2D eigenvalue weighted by Gasteiger charge is 2.25. The number of hydrogen-bond acceptors (Lipinski definition) is 6. The molecule has 4 heterocycles. The van der Waals surface area contributed by atoms with Gasteiger partial charge in [0.1, 0.15) is 22.3 Å². The van der Waals surface area contributed by atoms with Crippen molar-refractivity contribution in [2.24, 2.45) is 0 Å². The molecule has 22 aromatic rings. The topological polar surface area (TPSA) is 49.1 Å². The van der Waals surface area contributed by atoms with Gasteiger partial charge in [-0.3, -0.25) is 0 Å². The van der Waals surface area contributed by atoms with Crippen molar-refractivity contribution < 1.29 is 8.83 Å². The van der Waals surface area contributed by atoms with E-state index < -0.39 is 0 Å². The Bertz CT molecular complexity index is 7190. The minimum atomic E-state index is 0.881. The zero-order chi connectivity index (χ0) is 75.4. The van der Waals surface area contributed by atoms with Crippen LogP contribution in [0.25, 0.3) is 121 Å². The molecule has 0 amide bonds. The number of fused-ring (bicyclic) bond motifs is 13. The third-order valence-corrected chi connectivity index (χ3v) is 22.0. The summed E-state index contributed by atoms with van der Waals surface area (Å²) in [5.41, 5.74) is 25.7. The van der Waals surface area contributed by atoms with Crippen molar-refractivity contribution in [3.8, 4) is 22.5 Å². The SMILES string of the molecule is c1ccc(-c2ccc(N(c3ccccc3)c3ccc4c(c3)c3cc5oc6ccccc6c5cc3n4-c3ccc(N(c4ccccc4)c4ccccc4)cc3)cc2)cc1.c1ccc(N(c2cccc(-n3c4ccc(N(c5ccccc5)c5ccccc5)cc4c4cc5oc6ccccc6c5cc43)c2)c2ccc3ccccc3c2)cc1. The first-order valence-electron chi connectivity index (χ1n) is 38.7. The van der Waals surface area contributed by atoms with Gasteiger partial charge in [-0.15, -0.1) is 0 Å². The molecule has 0 saturated carbocycles. The Morgan fingerprint density at radius 2 is 0.474 bits per heavy atom. The standard InChI is InChI=1S/C54H37N3O.C52H35N3O/c1-5-15-38(16-6-1)39-25-27-43(28-26-39)56(42-21-11-4-12-22-42)46-33-34-51-48(35-46)49-37-54-50(47-23-13-14-24-53(47)58-54)36-52(49)57(51)45-31-29-44(30-32-45)55(40-17-7-2-8-18-40)41-19-9-3-10-20-41;1-4-17-38(18-5-1)53(39-19-6-2-7-20-39)44-29-30-49-46(33-44)47-35-52-48(45-25-12-13-26-51(45)56-52)34-50(47)55(49)42-24-14-23-41(32-42)54(40-21-8-3-9-22-40)43-28-27-36-15-10-11-16-37(36)31-43/h1-37H;1-35H. The summed E-state index contributed by atoms with van der Waals surface area (Å²) in [5, 5.41) is 11.4. The molecule has 0 aliphatic rings. The normalized spacial score (nSPS) is 11.5. The third kappa shape index (κ3) is 12.1. The Morgan fingerprint density at radius 1 is 0.158 bits per heavy atom. The highest BCUT2D eigenvalue weighted by molar-refractivity contribution is 6.20. The molecular formula is C106H72N6O2. The monoisotopic (exact) mass is 1460 g/mol. The van der Waals surface area contributed by atoms with Crippen LogP contribution in [-0.2, 0) is 0 Å². The molecule has 8 heteroatoms. The van der Waals surface area contributed by atoms with Gasteiger partial charge in [0.05, 0.1) is 22.1 Å². The van der Waals surface area contributed by atoms with Crippen LogP contribution in [0.15, 0.2) is 446 Å².